The first-order valence-electron chi connectivity index (χ1n) is 10.8. The van der Waals surface area contributed by atoms with E-state index in [1.807, 2.05) is 30.1 Å². The number of rotatable bonds is 5. The molecule has 4 rings (SSSR count). The number of likely N-dealkylation sites (N-methyl/N-ethyl adjacent to an activating group) is 2. The molecule has 158 valence electrons. The van der Waals surface area contributed by atoms with Crippen molar-refractivity contribution in [3.8, 4) is 5.75 Å². The zero-order valence-corrected chi connectivity index (χ0v) is 17.7. The van der Waals surface area contributed by atoms with Crippen LogP contribution in [0.3, 0.4) is 0 Å². The number of amides is 3. The number of hydrogen-bond acceptors (Lipinski definition) is 5. The van der Waals surface area contributed by atoms with Crippen LogP contribution in [0.2, 0.25) is 0 Å². The third-order valence-electron chi connectivity index (χ3n) is 6.70. The number of nitrogens with zero attached hydrogens (tertiary/aromatic N) is 3. The molecule has 1 saturated carbocycles. The lowest BCUT2D eigenvalue weighted by Gasteiger charge is -2.38. The van der Waals surface area contributed by atoms with E-state index in [2.05, 4.69) is 30.1 Å². The number of carbonyl (C=O) groups is 2. The van der Waals surface area contributed by atoms with E-state index in [4.69, 9.17) is 4.74 Å². The van der Waals surface area contributed by atoms with Crippen molar-refractivity contribution in [1.82, 2.24) is 15.1 Å². The monoisotopic (exact) mass is 400 g/mol. The predicted molar refractivity (Wildman–Crippen MR) is 112 cm³/mol. The van der Waals surface area contributed by atoms with E-state index in [9.17, 15) is 9.59 Å². The third kappa shape index (κ3) is 3.56. The lowest BCUT2D eigenvalue weighted by Crippen LogP contribution is -2.54. The minimum atomic E-state index is -0.699. The second-order valence-electron chi connectivity index (χ2n) is 8.71. The highest BCUT2D eigenvalue weighted by molar-refractivity contribution is 6.07. The number of para-hydroxylation sites is 2. The van der Waals surface area contributed by atoms with Crippen molar-refractivity contribution in [2.24, 2.45) is 5.92 Å². The molecule has 1 spiro atoms. The average molecular weight is 401 g/mol. The van der Waals surface area contributed by atoms with Crippen LogP contribution < -0.4 is 15.0 Å². The zero-order valence-electron chi connectivity index (χ0n) is 17.7. The van der Waals surface area contributed by atoms with Gasteiger partial charge < -0.3 is 15.0 Å². The lowest BCUT2D eigenvalue weighted by molar-refractivity contribution is -0.135. The minimum Gasteiger partial charge on any atom is -0.485 e. The highest BCUT2D eigenvalue weighted by Gasteiger charge is 2.54. The molecule has 2 fully saturated rings. The second-order valence-corrected chi connectivity index (χ2v) is 8.71. The normalized spacial score (nSPS) is 29.2. The fraction of sp³-hybridized carbons (Fsp3) is 0.636. The summed E-state index contributed by atoms with van der Waals surface area (Å²) in [7, 11) is 1.94. The Balaban J connectivity index is 1.41. The summed E-state index contributed by atoms with van der Waals surface area (Å²) in [6.07, 6.45) is 3.83. The van der Waals surface area contributed by atoms with E-state index in [-0.39, 0.29) is 30.6 Å². The van der Waals surface area contributed by atoms with Gasteiger partial charge in [0.1, 0.15) is 17.4 Å². The number of carbonyl (C=O) groups excluding carboxylic acids is 2. The van der Waals surface area contributed by atoms with E-state index in [1.54, 1.807) is 0 Å². The van der Waals surface area contributed by atoms with Crippen molar-refractivity contribution in [2.75, 3.05) is 38.3 Å². The van der Waals surface area contributed by atoms with Gasteiger partial charge in [0.15, 0.2) is 0 Å². The van der Waals surface area contributed by atoms with Crippen molar-refractivity contribution in [1.29, 1.82) is 0 Å². The zero-order chi connectivity index (χ0) is 20.6. The second kappa shape index (κ2) is 7.86. The number of hydrogen-bond donors (Lipinski definition) is 1. The van der Waals surface area contributed by atoms with Crippen molar-refractivity contribution in [3.05, 3.63) is 24.3 Å². The van der Waals surface area contributed by atoms with Crippen LogP contribution in [-0.2, 0) is 4.79 Å². The summed E-state index contributed by atoms with van der Waals surface area (Å²) in [5.41, 5.74) is 0.423. The smallest absolute Gasteiger partial charge is 0.326 e. The van der Waals surface area contributed by atoms with E-state index in [1.165, 1.54) is 4.90 Å². The number of imide groups is 1. The van der Waals surface area contributed by atoms with Crippen LogP contribution in [-0.4, -0.2) is 66.7 Å². The predicted octanol–water partition coefficient (Wildman–Crippen LogP) is 2.66. The Morgan fingerprint density at radius 3 is 2.83 bits per heavy atom. The molecule has 29 heavy (non-hydrogen) atoms. The molecule has 3 aliphatic rings. The van der Waals surface area contributed by atoms with Gasteiger partial charge in [-0.3, -0.25) is 9.69 Å². The number of fused-ring (bicyclic) bond motifs is 1. The van der Waals surface area contributed by atoms with Gasteiger partial charge in [-0.25, -0.2) is 9.69 Å². The molecule has 3 amide bonds. The summed E-state index contributed by atoms with van der Waals surface area (Å²) >= 11 is 0. The Bertz CT molecular complexity index is 785. The van der Waals surface area contributed by atoms with Crippen molar-refractivity contribution in [2.45, 2.75) is 51.2 Å². The molecule has 1 aromatic rings. The number of anilines is 1. The van der Waals surface area contributed by atoms with Gasteiger partial charge in [0.2, 0.25) is 0 Å². The first-order valence-corrected chi connectivity index (χ1v) is 10.8. The summed E-state index contributed by atoms with van der Waals surface area (Å²) in [5, 5.41) is 3.03. The van der Waals surface area contributed by atoms with Crippen LogP contribution in [0.25, 0.3) is 0 Å². The SMILES string of the molecule is CCN1C[C@H](CN(C)CN2C(=O)N[C@]3(CCCC[C@@H]3C)C2=O)Oc2ccccc21. The molecule has 7 nitrogen and oxygen atoms in total. The quantitative estimate of drug-likeness (QED) is 0.770. The molecule has 1 aliphatic carbocycles. The summed E-state index contributed by atoms with van der Waals surface area (Å²) < 4.78 is 6.19. The molecular formula is C22H32N4O3. The van der Waals surface area contributed by atoms with E-state index < -0.39 is 5.54 Å². The van der Waals surface area contributed by atoms with Crippen molar-refractivity contribution in [3.63, 3.8) is 0 Å². The largest absolute Gasteiger partial charge is 0.485 e. The van der Waals surface area contributed by atoms with Crippen LogP contribution in [0, 0.1) is 5.92 Å². The van der Waals surface area contributed by atoms with Gasteiger partial charge in [0.25, 0.3) is 5.91 Å². The molecule has 0 unspecified atom stereocenters. The summed E-state index contributed by atoms with van der Waals surface area (Å²) in [6.45, 7) is 6.85. The fourth-order valence-corrected chi connectivity index (χ4v) is 5.04. The first-order chi connectivity index (χ1) is 13.9. The minimum absolute atomic E-state index is 0.0156. The summed E-state index contributed by atoms with van der Waals surface area (Å²) in [6, 6.07) is 7.82. The maximum Gasteiger partial charge on any atom is 0.326 e. The lowest BCUT2D eigenvalue weighted by atomic mass is 9.73. The Morgan fingerprint density at radius 1 is 1.28 bits per heavy atom. The Hall–Kier alpha value is -2.28. The first kappa shape index (κ1) is 20.0. The van der Waals surface area contributed by atoms with E-state index >= 15 is 0 Å². The molecule has 1 aromatic carbocycles. The van der Waals surface area contributed by atoms with Crippen LogP contribution in [0.15, 0.2) is 24.3 Å². The molecule has 2 aliphatic heterocycles. The van der Waals surface area contributed by atoms with E-state index in [0.717, 1.165) is 50.2 Å². The Labute approximate surface area is 173 Å². The number of benzene rings is 1. The maximum atomic E-state index is 13.2. The highest BCUT2D eigenvalue weighted by atomic mass is 16.5. The molecular weight excluding hydrogens is 368 g/mol. The summed E-state index contributed by atoms with van der Waals surface area (Å²) in [4.78, 5) is 31.5. The molecule has 1 N–H and O–H groups in total. The average Bonchev–Trinajstić information content (AvgIpc) is 2.94. The van der Waals surface area contributed by atoms with Crippen LogP contribution >= 0.6 is 0 Å². The Morgan fingerprint density at radius 2 is 2.07 bits per heavy atom. The number of urea groups is 1. The number of ether oxygens (including phenoxy) is 1. The number of nitrogens with one attached hydrogen (secondary N) is 1. The van der Waals surface area contributed by atoms with E-state index in [0.29, 0.717) is 6.54 Å². The summed E-state index contributed by atoms with van der Waals surface area (Å²) in [5.74, 6) is 1.01. The van der Waals surface area contributed by atoms with Crippen molar-refractivity contribution < 1.29 is 14.3 Å². The van der Waals surface area contributed by atoms with Gasteiger partial charge in [0.05, 0.1) is 18.9 Å². The molecule has 3 atom stereocenters. The standard InChI is InChI=1S/C22H32N4O3/c1-4-25-14-17(29-19-11-6-5-10-18(19)25)13-24(3)15-26-20(27)22(23-21(26)28)12-8-7-9-16(22)2/h5-6,10-11,16-17H,4,7-9,12-15H2,1-3H3,(H,23,28)/t16-,17-,22-/m0/s1. The molecule has 0 aromatic heterocycles. The van der Waals surface area contributed by atoms with Crippen LogP contribution in [0.1, 0.15) is 39.5 Å². The van der Waals surface area contributed by atoms with Gasteiger partial charge in [0, 0.05) is 13.1 Å². The van der Waals surface area contributed by atoms with Crippen LogP contribution in [0.4, 0.5) is 10.5 Å². The third-order valence-corrected chi connectivity index (χ3v) is 6.70. The van der Waals surface area contributed by atoms with Gasteiger partial charge in [-0.05, 0) is 44.9 Å². The topological polar surface area (TPSA) is 65.1 Å². The molecule has 2 heterocycles. The Kier molecular flexibility index (Phi) is 5.42. The van der Waals surface area contributed by atoms with Gasteiger partial charge >= 0.3 is 6.03 Å². The van der Waals surface area contributed by atoms with Gasteiger partial charge in [-0.2, -0.15) is 0 Å². The van der Waals surface area contributed by atoms with Gasteiger partial charge in [-0.1, -0.05) is 31.9 Å². The molecule has 0 bridgehead atoms. The van der Waals surface area contributed by atoms with Crippen molar-refractivity contribution >= 4 is 17.6 Å². The molecule has 0 radical (unpaired) electrons. The van der Waals surface area contributed by atoms with Crippen LogP contribution in [0.5, 0.6) is 5.75 Å². The van der Waals surface area contributed by atoms with Gasteiger partial charge in [-0.15, -0.1) is 0 Å². The highest BCUT2D eigenvalue weighted by Crippen LogP contribution is 2.38. The molecule has 1 saturated heterocycles. The maximum absolute atomic E-state index is 13.2. The molecule has 7 heteroatoms. The fourth-order valence-electron chi connectivity index (χ4n) is 5.04.